The van der Waals surface area contributed by atoms with Gasteiger partial charge in [-0.2, -0.15) is 7.11 Å². The van der Waals surface area contributed by atoms with Crippen LogP contribution in [0.1, 0.15) is 119 Å². The molecule has 4 aliphatic carbocycles. The van der Waals surface area contributed by atoms with Crippen molar-refractivity contribution >= 4 is 48.0 Å². The molecule has 0 radical (unpaired) electrons. The molecule has 0 heterocycles. The normalized spacial score (nSPS) is 23.1. The number of methoxy groups -OCH3 is 5. The summed E-state index contributed by atoms with van der Waals surface area (Å²) in [4.78, 5) is 91.1. The van der Waals surface area contributed by atoms with Crippen molar-refractivity contribution in [1.82, 2.24) is 10.6 Å². The molecule has 2 saturated carbocycles. The number of hydrogen-bond acceptors (Lipinski definition) is 17. The van der Waals surface area contributed by atoms with Crippen molar-refractivity contribution in [1.29, 1.82) is 0 Å². The summed E-state index contributed by atoms with van der Waals surface area (Å²) < 4.78 is 33.8. The zero-order valence-corrected chi connectivity index (χ0v) is 46.3. The van der Waals surface area contributed by atoms with E-state index in [1.54, 1.807) is 6.08 Å². The molecule has 0 bridgehead atoms. The Morgan fingerprint density at radius 2 is 0.714 bits per heavy atom. The molecule has 0 spiro atoms. The molecule has 0 aromatic carbocycles. The van der Waals surface area contributed by atoms with Crippen LogP contribution in [0.3, 0.4) is 0 Å². The van der Waals surface area contributed by atoms with Gasteiger partial charge in [-0.1, -0.05) is 50.0 Å². The Balaban J connectivity index is -0.000000839. The number of allylic oxidation sites excluding steroid dienone is 4. The van der Waals surface area contributed by atoms with Crippen LogP contribution in [-0.2, 0) is 61.9 Å². The predicted octanol–water partition coefficient (Wildman–Crippen LogP) is 2.31. The van der Waals surface area contributed by atoms with Gasteiger partial charge in [0, 0.05) is 20.2 Å². The van der Waals surface area contributed by atoms with Crippen molar-refractivity contribution in [3.63, 3.8) is 0 Å². The number of alkyl carbamates (subject to hydrolysis) is 2. The Labute approximate surface area is 437 Å². The molecular weight excluding hydrogens is 928 g/mol. The fourth-order valence-electron chi connectivity index (χ4n) is 8.02. The molecule has 21 heteroatoms. The van der Waals surface area contributed by atoms with E-state index in [1.165, 1.54) is 35.5 Å². The van der Waals surface area contributed by atoms with Crippen molar-refractivity contribution in [2.24, 2.45) is 47.3 Å². The first-order valence-electron chi connectivity index (χ1n) is 23.2. The summed E-state index contributed by atoms with van der Waals surface area (Å²) in [6.07, 6.45) is 16.3. The van der Waals surface area contributed by atoms with Crippen LogP contribution in [0.15, 0.2) is 24.3 Å². The molecule has 2 fully saturated rings. The van der Waals surface area contributed by atoms with E-state index in [-0.39, 0.29) is 77.1 Å². The largest absolute Gasteiger partial charge is 1.00 e. The fourth-order valence-corrected chi connectivity index (χ4v) is 8.02. The second-order valence-corrected chi connectivity index (χ2v) is 18.3. The van der Waals surface area contributed by atoms with Crippen LogP contribution < -0.4 is 45.3 Å². The van der Waals surface area contributed by atoms with Crippen LogP contribution in [0.5, 0.6) is 0 Å². The Morgan fingerprint density at radius 3 is 0.971 bits per heavy atom. The number of rotatable bonds is 10. The van der Waals surface area contributed by atoms with Gasteiger partial charge in [0.05, 0.1) is 71.1 Å². The number of amides is 2. The van der Waals surface area contributed by atoms with Crippen molar-refractivity contribution in [3.8, 4) is 0 Å². The summed E-state index contributed by atoms with van der Waals surface area (Å²) in [6, 6.07) is 0. The van der Waals surface area contributed by atoms with Crippen LogP contribution in [0.25, 0.3) is 0 Å². The monoisotopic (exact) mass is 1010 g/mol. The molecule has 70 heavy (non-hydrogen) atoms. The van der Waals surface area contributed by atoms with Gasteiger partial charge in [0.25, 0.3) is 0 Å². The van der Waals surface area contributed by atoms with Crippen LogP contribution >= 0.6 is 0 Å². The smallest absolute Gasteiger partial charge is 0.857 e. The summed E-state index contributed by atoms with van der Waals surface area (Å²) in [6.45, 7) is 11.9. The third kappa shape index (κ3) is 28.6. The van der Waals surface area contributed by atoms with Gasteiger partial charge in [0.1, 0.15) is 11.2 Å². The SMILES string of the molecule is CO.COC(=O)[C@@H]1CCCC[C@@H]1CNC(=O)OC(C)(C)C.COC(=O)[C@H]1CC=CC[C@H]1C(=O)O.COC(=O)[C@H]1CC=CC[C@H]1C(=O)OC.COC(=O)[C@H]1CCCC[C@@H]1CNC(=O)OC(C)(C)C.C[O-].[Na+]. The number of aliphatic carboxylic acids is 1. The molecule has 4 aliphatic rings. The number of carbonyl (C=O) groups is 8. The van der Waals surface area contributed by atoms with Gasteiger partial charge in [0.2, 0.25) is 0 Å². The summed E-state index contributed by atoms with van der Waals surface area (Å²) >= 11 is 0. The third-order valence-corrected chi connectivity index (χ3v) is 11.3. The molecule has 0 aliphatic heterocycles. The minimum absolute atomic E-state index is 0. The van der Waals surface area contributed by atoms with Crippen molar-refractivity contribution in [2.75, 3.05) is 62.9 Å². The topological polar surface area (TPSA) is 289 Å². The van der Waals surface area contributed by atoms with Crippen molar-refractivity contribution < 1.29 is 116 Å². The number of esters is 5. The van der Waals surface area contributed by atoms with E-state index in [0.717, 1.165) is 65.6 Å². The Morgan fingerprint density at radius 1 is 0.471 bits per heavy atom. The molecule has 398 valence electrons. The molecule has 4 N–H and O–H groups in total. The van der Waals surface area contributed by atoms with E-state index in [2.05, 4.69) is 24.8 Å². The number of carboxylic acid groups (broad SMARTS) is 1. The predicted molar refractivity (Wildman–Crippen MR) is 252 cm³/mol. The van der Waals surface area contributed by atoms with Crippen LogP contribution in [-0.4, -0.2) is 132 Å². The number of ether oxygens (including phenoxy) is 7. The van der Waals surface area contributed by atoms with Gasteiger partial charge in [-0.3, -0.25) is 28.8 Å². The minimum atomic E-state index is -0.931. The number of carbonyl (C=O) groups excluding carboxylic acids is 7. The maximum atomic E-state index is 11.7. The average Bonchev–Trinajstić information content (AvgIpc) is 3.34. The maximum absolute atomic E-state index is 11.7. The Kier molecular flexibility index (Phi) is 38.4. The maximum Gasteiger partial charge on any atom is 1.00 e. The molecule has 0 aromatic heterocycles. The van der Waals surface area contributed by atoms with Crippen LogP contribution in [0.2, 0.25) is 0 Å². The van der Waals surface area contributed by atoms with Crippen molar-refractivity contribution in [3.05, 3.63) is 24.3 Å². The summed E-state index contributed by atoms with van der Waals surface area (Å²) in [5, 5.41) is 29.6. The third-order valence-electron chi connectivity index (χ3n) is 11.3. The average molecular weight is 1010 g/mol. The second kappa shape index (κ2) is 38.4. The molecular formula is C49H83N2NaO18. The quantitative estimate of drug-likeness (QED) is 0.106. The molecule has 0 aromatic rings. The summed E-state index contributed by atoms with van der Waals surface area (Å²) in [7, 11) is 8.51. The van der Waals surface area contributed by atoms with Gasteiger partial charge >= 0.3 is 77.6 Å². The van der Waals surface area contributed by atoms with E-state index in [9.17, 15) is 38.4 Å². The van der Waals surface area contributed by atoms with E-state index in [0.29, 0.717) is 38.8 Å². The standard InChI is InChI=1S/2C14H25NO4.C10H14O4.C9H12O4.CH4O.CH3O.Na/c2*1-14(2,3)19-13(17)15-9-10-7-5-6-8-11(10)12(16)18-4;1-13-9(11)7-5-3-4-6-8(7)10(12)14-2;1-13-9(12)7-5-3-2-4-6(7)8(10)11;2*1-2;/h2*10-11H,5-9H2,1-4H3,(H,15,17);3-4,7-8H,5-6H2,1-2H3;2-3,6-7H,4-5H2,1H3,(H,10,11);2H,1H3;1H3;/q;;;;;-1;+1/t10-,11+;10-,11-;7-,8+;6-,7+;;;/m11.1.../s1. The number of aliphatic hydroxyl groups excluding tert-OH is 1. The van der Waals surface area contributed by atoms with Crippen LogP contribution in [0.4, 0.5) is 9.59 Å². The Bertz CT molecular complexity index is 1540. The Hall–Kier alpha value is -4.24. The first kappa shape index (κ1) is 70.0. The zero-order valence-electron chi connectivity index (χ0n) is 44.3. The van der Waals surface area contributed by atoms with Crippen LogP contribution in [0, 0.1) is 47.3 Å². The van der Waals surface area contributed by atoms with E-state index < -0.39 is 59.0 Å². The van der Waals surface area contributed by atoms with Gasteiger partial charge in [0.15, 0.2) is 0 Å². The molecule has 0 unspecified atom stereocenters. The molecule has 8 atom stereocenters. The number of hydrogen-bond donors (Lipinski definition) is 4. The van der Waals surface area contributed by atoms with Gasteiger partial charge in [-0.05, 0) is 105 Å². The zero-order chi connectivity index (χ0) is 53.3. The van der Waals surface area contributed by atoms with E-state index in [4.69, 9.17) is 34.3 Å². The fraction of sp³-hybridized carbons (Fsp3) is 0.755. The molecule has 0 saturated heterocycles. The van der Waals surface area contributed by atoms with Gasteiger partial charge in [-0.25, -0.2) is 9.59 Å². The number of carboxylic acids is 1. The minimum Gasteiger partial charge on any atom is -0.857 e. The van der Waals surface area contributed by atoms with Gasteiger partial charge in [-0.15, -0.1) is 0 Å². The first-order chi connectivity index (χ1) is 32.5. The number of nitrogens with one attached hydrogen (secondary N) is 2. The first-order valence-corrected chi connectivity index (χ1v) is 23.2. The van der Waals surface area contributed by atoms with Gasteiger partial charge < -0.3 is 59.1 Å². The molecule has 4 rings (SSSR count). The summed E-state index contributed by atoms with van der Waals surface area (Å²) in [5.41, 5.74) is -1.00. The second-order valence-electron chi connectivity index (χ2n) is 18.3. The summed E-state index contributed by atoms with van der Waals surface area (Å²) in [5.74, 6) is -4.23. The molecule has 20 nitrogen and oxygen atoms in total. The van der Waals surface area contributed by atoms with E-state index in [1.807, 2.05) is 59.8 Å². The number of aliphatic hydroxyl groups is 1. The van der Waals surface area contributed by atoms with Crippen molar-refractivity contribution in [2.45, 2.75) is 130 Å². The molecule has 2 amide bonds. The van der Waals surface area contributed by atoms with E-state index >= 15 is 0 Å².